The third-order valence-corrected chi connectivity index (χ3v) is 4.53. The first-order valence-electron chi connectivity index (χ1n) is 7.35. The third kappa shape index (κ3) is 2.38. The summed E-state index contributed by atoms with van der Waals surface area (Å²) >= 11 is 0. The Labute approximate surface area is 120 Å². The molecule has 1 fully saturated rings. The number of aliphatic hydroxyl groups excluding tert-OH is 1. The number of aryl methyl sites for hydroxylation is 2. The maximum atomic E-state index is 9.16. The van der Waals surface area contributed by atoms with Gasteiger partial charge in [0.05, 0.1) is 5.52 Å². The van der Waals surface area contributed by atoms with Gasteiger partial charge in [-0.05, 0) is 49.7 Å². The summed E-state index contributed by atoms with van der Waals surface area (Å²) in [6.07, 6.45) is 5.30. The molecule has 3 rings (SSSR count). The number of para-hydroxylation sites is 1. The van der Waals surface area contributed by atoms with Gasteiger partial charge in [0, 0.05) is 30.4 Å². The lowest BCUT2D eigenvalue weighted by molar-refractivity contribution is 0.253. The molecule has 2 N–H and O–H groups in total. The van der Waals surface area contributed by atoms with Gasteiger partial charge in [-0.3, -0.25) is 4.98 Å². The van der Waals surface area contributed by atoms with Crippen LogP contribution in [-0.4, -0.2) is 23.2 Å². The van der Waals surface area contributed by atoms with Crippen LogP contribution in [0.4, 0.5) is 5.69 Å². The van der Waals surface area contributed by atoms with E-state index in [9.17, 15) is 0 Å². The van der Waals surface area contributed by atoms with E-state index in [2.05, 4.69) is 42.3 Å². The Morgan fingerprint density at radius 1 is 1.25 bits per heavy atom. The van der Waals surface area contributed by atoms with E-state index in [1.807, 2.05) is 6.20 Å². The Kier molecular flexibility index (Phi) is 3.38. The second kappa shape index (κ2) is 5.06. The van der Waals surface area contributed by atoms with Crippen molar-refractivity contribution in [3.8, 4) is 0 Å². The van der Waals surface area contributed by atoms with Crippen LogP contribution in [-0.2, 0) is 0 Å². The number of pyridine rings is 1. The monoisotopic (exact) mass is 270 g/mol. The van der Waals surface area contributed by atoms with Gasteiger partial charge in [0.25, 0.3) is 0 Å². The average molecular weight is 270 g/mol. The molecule has 3 nitrogen and oxygen atoms in total. The lowest BCUT2D eigenvalue weighted by Crippen LogP contribution is -2.17. The van der Waals surface area contributed by atoms with Crippen LogP contribution < -0.4 is 5.32 Å². The smallest absolute Gasteiger partial charge is 0.0752 e. The van der Waals surface area contributed by atoms with Crippen molar-refractivity contribution in [2.24, 2.45) is 5.41 Å². The van der Waals surface area contributed by atoms with Gasteiger partial charge in [-0.1, -0.05) is 18.2 Å². The zero-order valence-electron chi connectivity index (χ0n) is 12.2. The first-order valence-corrected chi connectivity index (χ1v) is 7.35. The van der Waals surface area contributed by atoms with Gasteiger partial charge >= 0.3 is 0 Å². The molecule has 1 saturated carbocycles. The normalized spacial score (nSPS) is 16.4. The number of anilines is 1. The van der Waals surface area contributed by atoms with Gasteiger partial charge in [0.2, 0.25) is 0 Å². The molecule has 0 bridgehead atoms. The van der Waals surface area contributed by atoms with E-state index in [0.29, 0.717) is 5.41 Å². The van der Waals surface area contributed by atoms with Crippen LogP contribution in [0.2, 0.25) is 0 Å². The summed E-state index contributed by atoms with van der Waals surface area (Å²) in [6.45, 7) is 5.43. The lowest BCUT2D eigenvalue weighted by atomic mass is 10.0. The van der Waals surface area contributed by atoms with Gasteiger partial charge < -0.3 is 10.4 Å². The molecule has 1 heterocycles. The lowest BCUT2D eigenvalue weighted by Gasteiger charge is -2.18. The minimum Gasteiger partial charge on any atom is -0.396 e. The van der Waals surface area contributed by atoms with Crippen LogP contribution in [0.1, 0.15) is 30.4 Å². The van der Waals surface area contributed by atoms with Gasteiger partial charge in [0.15, 0.2) is 0 Å². The quantitative estimate of drug-likeness (QED) is 0.875. The van der Waals surface area contributed by atoms with Crippen LogP contribution in [0.15, 0.2) is 24.4 Å². The molecule has 106 valence electrons. The van der Waals surface area contributed by atoms with Crippen LogP contribution in [0.3, 0.4) is 0 Å². The minimum atomic E-state index is 0.289. The maximum absolute atomic E-state index is 9.16. The van der Waals surface area contributed by atoms with Crippen molar-refractivity contribution < 1.29 is 5.11 Å². The minimum absolute atomic E-state index is 0.289. The van der Waals surface area contributed by atoms with Crippen LogP contribution >= 0.6 is 0 Å². The Balaban J connectivity index is 1.91. The molecule has 3 heteroatoms. The molecule has 1 aromatic heterocycles. The third-order valence-electron chi connectivity index (χ3n) is 4.53. The fourth-order valence-electron chi connectivity index (χ4n) is 2.91. The molecule has 20 heavy (non-hydrogen) atoms. The summed E-state index contributed by atoms with van der Waals surface area (Å²) in [5, 5.41) is 14.0. The van der Waals surface area contributed by atoms with Crippen molar-refractivity contribution >= 4 is 16.6 Å². The molecular formula is C17H22N2O. The zero-order valence-corrected chi connectivity index (χ0v) is 12.2. The fraction of sp³-hybridized carbons (Fsp3) is 0.471. The Hall–Kier alpha value is -1.61. The summed E-state index contributed by atoms with van der Waals surface area (Å²) in [5.41, 5.74) is 4.99. The highest BCUT2D eigenvalue weighted by Crippen LogP contribution is 2.48. The Morgan fingerprint density at radius 3 is 2.75 bits per heavy atom. The average Bonchev–Trinajstić information content (AvgIpc) is 3.18. The predicted octanol–water partition coefficient (Wildman–Crippen LogP) is 3.43. The second-order valence-electron chi connectivity index (χ2n) is 6.11. The van der Waals surface area contributed by atoms with Crippen LogP contribution in [0.5, 0.6) is 0 Å². The van der Waals surface area contributed by atoms with E-state index in [-0.39, 0.29) is 6.61 Å². The Bertz CT molecular complexity index is 632. The highest BCUT2D eigenvalue weighted by molar-refractivity contribution is 5.94. The summed E-state index contributed by atoms with van der Waals surface area (Å²) in [7, 11) is 0. The molecule has 1 aromatic carbocycles. The molecule has 0 atom stereocenters. The summed E-state index contributed by atoms with van der Waals surface area (Å²) in [6, 6.07) is 6.32. The summed E-state index contributed by atoms with van der Waals surface area (Å²) < 4.78 is 0. The van der Waals surface area contributed by atoms with Gasteiger partial charge in [-0.15, -0.1) is 0 Å². The van der Waals surface area contributed by atoms with E-state index in [4.69, 9.17) is 5.11 Å². The van der Waals surface area contributed by atoms with Gasteiger partial charge in [0.1, 0.15) is 0 Å². The topological polar surface area (TPSA) is 45.2 Å². The molecule has 1 aliphatic rings. The first-order chi connectivity index (χ1) is 9.65. The standard InChI is InChI=1S/C17H22N2O/c1-12-4-3-5-14-15(12)18-10-13(2)16(14)19-11-17(6-7-17)8-9-20/h3-5,10,20H,6-9,11H2,1-2H3,(H,18,19). The van der Waals surface area contributed by atoms with E-state index < -0.39 is 0 Å². The predicted molar refractivity (Wildman–Crippen MR) is 83.1 cm³/mol. The van der Waals surface area contributed by atoms with Crippen molar-refractivity contribution in [2.45, 2.75) is 33.1 Å². The zero-order chi connectivity index (χ0) is 14.2. The summed E-state index contributed by atoms with van der Waals surface area (Å²) in [5.74, 6) is 0. The summed E-state index contributed by atoms with van der Waals surface area (Å²) in [4.78, 5) is 4.56. The fourth-order valence-corrected chi connectivity index (χ4v) is 2.91. The molecule has 2 aromatic rings. The van der Waals surface area contributed by atoms with Crippen molar-refractivity contribution in [1.82, 2.24) is 4.98 Å². The molecule has 0 saturated heterocycles. The Morgan fingerprint density at radius 2 is 2.05 bits per heavy atom. The number of hydrogen-bond acceptors (Lipinski definition) is 3. The number of aromatic nitrogens is 1. The highest BCUT2D eigenvalue weighted by atomic mass is 16.3. The van der Waals surface area contributed by atoms with E-state index >= 15 is 0 Å². The van der Waals surface area contributed by atoms with Gasteiger partial charge in [-0.2, -0.15) is 0 Å². The molecule has 0 radical (unpaired) electrons. The molecule has 0 aliphatic heterocycles. The number of aliphatic hydroxyl groups is 1. The first kappa shape index (κ1) is 13.4. The van der Waals surface area contributed by atoms with Gasteiger partial charge in [-0.25, -0.2) is 0 Å². The van der Waals surface area contributed by atoms with Crippen LogP contribution in [0, 0.1) is 19.3 Å². The maximum Gasteiger partial charge on any atom is 0.0752 e. The number of hydrogen-bond donors (Lipinski definition) is 2. The number of benzene rings is 1. The van der Waals surface area contributed by atoms with E-state index in [1.54, 1.807) is 0 Å². The number of fused-ring (bicyclic) bond motifs is 1. The molecule has 0 spiro atoms. The second-order valence-corrected chi connectivity index (χ2v) is 6.11. The number of nitrogens with zero attached hydrogens (tertiary/aromatic N) is 1. The number of rotatable bonds is 5. The molecular weight excluding hydrogens is 248 g/mol. The van der Waals surface area contributed by atoms with E-state index in [0.717, 1.165) is 18.5 Å². The highest BCUT2D eigenvalue weighted by Gasteiger charge is 2.41. The largest absolute Gasteiger partial charge is 0.396 e. The molecule has 0 unspecified atom stereocenters. The van der Waals surface area contributed by atoms with Crippen molar-refractivity contribution in [1.29, 1.82) is 0 Å². The van der Waals surface area contributed by atoms with Crippen molar-refractivity contribution in [2.75, 3.05) is 18.5 Å². The molecule has 0 amide bonds. The molecule has 1 aliphatic carbocycles. The van der Waals surface area contributed by atoms with Crippen molar-refractivity contribution in [3.63, 3.8) is 0 Å². The van der Waals surface area contributed by atoms with Crippen molar-refractivity contribution in [3.05, 3.63) is 35.5 Å². The van der Waals surface area contributed by atoms with Crippen LogP contribution in [0.25, 0.3) is 10.9 Å². The van der Waals surface area contributed by atoms with E-state index in [1.165, 1.54) is 35.0 Å². The number of nitrogens with one attached hydrogen (secondary N) is 1. The SMILES string of the molecule is Cc1cnc2c(C)cccc2c1NCC1(CCO)CC1.